The lowest BCUT2D eigenvalue weighted by Crippen LogP contribution is -2.10. The fourth-order valence-corrected chi connectivity index (χ4v) is 3.11. The molecule has 1 aromatic rings. The van der Waals surface area contributed by atoms with E-state index >= 15 is 0 Å². The number of hydrogen-bond acceptors (Lipinski definition) is 3. The van der Waals surface area contributed by atoms with Crippen LogP contribution < -0.4 is 5.73 Å². The summed E-state index contributed by atoms with van der Waals surface area (Å²) in [5.41, 5.74) is 6.62. The number of rotatable bonds is 2. The molecule has 0 saturated heterocycles. The van der Waals surface area contributed by atoms with Gasteiger partial charge in [-0.3, -0.25) is 0 Å². The van der Waals surface area contributed by atoms with Crippen molar-refractivity contribution in [1.29, 1.82) is 0 Å². The number of thiazole rings is 1. The number of hydrogen-bond donors (Lipinski definition) is 1. The minimum absolute atomic E-state index is 0.583. The Labute approximate surface area is 89.5 Å². The Bertz CT molecular complexity index is 287. The largest absolute Gasteiger partial charge is 0.325 e. The molecule has 14 heavy (non-hydrogen) atoms. The zero-order valence-corrected chi connectivity index (χ0v) is 9.52. The summed E-state index contributed by atoms with van der Waals surface area (Å²) in [5.74, 6) is 1.64. The molecule has 1 aliphatic rings. The highest BCUT2D eigenvalue weighted by Crippen LogP contribution is 2.36. The van der Waals surface area contributed by atoms with Crippen molar-refractivity contribution >= 4 is 11.3 Å². The molecule has 0 amide bonds. The van der Waals surface area contributed by atoms with Crippen LogP contribution in [0.15, 0.2) is 5.38 Å². The molecular weight excluding hydrogens is 192 g/mol. The zero-order chi connectivity index (χ0) is 9.97. The van der Waals surface area contributed by atoms with E-state index in [9.17, 15) is 0 Å². The molecule has 0 atom stereocenters. The first-order valence-electron chi connectivity index (χ1n) is 5.44. The molecule has 1 saturated carbocycles. The highest BCUT2D eigenvalue weighted by molar-refractivity contribution is 7.09. The molecule has 0 radical (unpaired) electrons. The normalized spacial score (nSPS) is 27.9. The summed E-state index contributed by atoms with van der Waals surface area (Å²) in [7, 11) is 0. The Morgan fingerprint density at radius 3 is 2.71 bits per heavy atom. The third-order valence-electron chi connectivity index (χ3n) is 3.14. The molecule has 0 aliphatic heterocycles. The summed E-state index contributed by atoms with van der Waals surface area (Å²) in [6, 6.07) is 0. The van der Waals surface area contributed by atoms with Crippen molar-refractivity contribution in [3.05, 3.63) is 16.1 Å². The number of nitrogens with two attached hydrogens (primary N) is 1. The summed E-state index contributed by atoms with van der Waals surface area (Å²) in [5, 5.41) is 3.42. The Morgan fingerprint density at radius 1 is 1.43 bits per heavy atom. The van der Waals surface area contributed by atoms with Crippen LogP contribution in [0, 0.1) is 5.92 Å². The van der Waals surface area contributed by atoms with Crippen molar-refractivity contribution < 1.29 is 0 Å². The molecule has 0 bridgehead atoms. The van der Waals surface area contributed by atoms with E-state index in [-0.39, 0.29) is 0 Å². The summed E-state index contributed by atoms with van der Waals surface area (Å²) < 4.78 is 0. The average Bonchev–Trinajstić information content (AvgIpc) is 2.67. The topological polar surface area (TPSA) is 38.9 Å². The average molecular weight is 210 g/mol. The van der Waals surface area contributed by atoms with E-state index in [1.165, 1.54) is 30.7 Å². The molecule has 3 heteroatoms. The Balaban J connectivity index is 2.01. The second-order valence-electron chi connectivity index (χ2n) is 4.34. The van der Waals surface area contributed by atoms with E-state index in [0.29, 0.717) is 6.54 Å². The smallest absolute Gasteiger partial charge is 0.0959 e. The number of nitrogens with zero attached hydrogens (tertiary/aromatic N) is 1. The predicted octanol–water partition coefficient (Wildman–Crippen LogP) is 2.90. The monoisotopic (exact) mass is 210 g/mol. The maximum atomic E-state index is 5.56. The van der Waals surface area contributed by atoms with E-state index in [1.54, 1.807) is 11.3 Å². The van der Waals surface area contributed by atoms with Gasteiger partial charge in [0, 0.05) is 17.8 Å². The highest BCUT2D eigenvalue weighted by atomic mass is 32.1. The van der Waals surface area contributed by atoms with Gasteiger partial charge in [-0.2, -0.15) is 0 Å². The molecule has 1 fully saturated rings. The Morgan fingerprint density at radius 2 is 2.14 bits per heavy atom. The van der Waals surface area contributed by atoms with Gasteiger partial charge in [-0.15, -0.1) is 11.3 Å². The van der Waals surface area contributed by atoms with Crippen LogP contribution in [0.2, 0.25) is 0 Å². The standard InChI is InChI=1S/C11H18N2S/c1-8-2-4-9(5-3-8)11-13-10(6-12)7-14-11/h7-9H,2-6,12H2,1H3. The summed E-state index contributed by atoms with van der Waals surface area (Å²) in [6.45, 7) is 2.93. The first kappa shape index (κ1) is 10.1. The lowest BCUT2D eigenvalue weighted by molar-refractivity contribution is 0.347. The SMILES string of the molecule is CC1CCC(c2nc(CN)cs2)CC1. The van der Waals surface area contributed by atoms with Crippen molar-refractivity contribution in [3.63, 3.8) is 0 Å². The highest BCUT2D eigenvalue weighted by Gasteiger charge is 2.21. The molecule has 1 aromatic heterocycles. The van der Waals surface area contributed by atoms with Crippen LogP contribution in [0.3, 0.4) is 0 Å². The van der Waals surface area contributed by atoms with Gasteiger partial charge in [0.1, 0.15) is 0 Å². The minimum Gasteiger partial charge on any atom is -0.325 e. The third-order valence-corrected chi connectivity index (χ3v) is 4.20. The fourth-order valence-electron chi connectivity index (χ4n) is 2.11. The first-order valence-corrected chi connectivity index (χ1v) is 6.32. The molecule has 2 nitrogen and oxygen atoms in total. The summed E-state index contributed by atoms with van der Waals surface area (Å²) in [4.78, 5) is 4.57. The first-order chi connectivity index (χ1) is 6.79. The van der Waals surface area contributed by atoms with Gasteiger partial charge in [0.15, 0.2) is 0 Å². The van der Waals surface area contributed by atoms with Crippen molar-refractivity contribution in [2.45, 2.75) is 45.1 Å². The van der Waals surface area contributed by atoms with Crippen molar-refractivity contribution in [2.75, 3.05) is 0 Å². The van der Waals surface area contributed by atoms with Crippen molar-refractivity contribution in [2.24, 2.45) is 11.7 Å². The zero-order valence-electron chi connectivity index (χ0n) is 8.70. The predicted molar refractivity (Wildman–Crippen MR) is 60.4 cm³/mol. The van der Waals surface area contributed by atoms with Gasteiger partial charge in [-0.1, -0.05) is 19.8 Å². The lowest BCUT2D eigenvalue weighted by Gasteiger charge is -2.24. The fraction of sp³-hybridized carbons (Fsp3) is 0.727. The van der Waals surface area contributed by atoms with Crippen molar-refractivity contribution in [1.82, 2.24) is 4.98 Å². The van der Waals surface area contributed by atoms with Crippen molar-refractivity contribution in [3.8, 4) is 0 Å². The molecule has 2 rings (SSSR count). The maximum absolute atomic E-state index is 5.56. The van der Waals surface area contributed by atoms with Crippen LogP contribution in [-0.2, 0) is 6.54 Å². The molecule has 1 heterocycles. The van der Waals surface area contributed by atoms with Crippen LogP contribution in [0.4, 0.5) is 0 Å². The minimum atomic E-state index is 0.583. The Hall–Kier alpha value is -0.410. The molecule has 2 N–H and O–H groups in total. The molecule has 1 aliphatic carbocycles. The molecule has 0 spiro atoms. The Kier molecular flexibility index (Phi) is 3.19. The third kappa shape index (κ3) is 2.15. The van der Waals surface area contributed by atoms with Gasteiger partial charge < -0.3 is 5.73 Å². The van der Waals surface area contributed by atoms with Crippen LogP contribution in [-0.4, -0.2) is 4.98 Å². The second-order valence-corrected chi connectivity index (χ2v) is 5.23. The van der Waals surface area contributed by atoms with Crippen LogP contribution in [0.5, 0.6) is 0 Å². The van der Waals surface area contributed by atoms with E-state index < -0.39 is 0 Å². The van der Waals surface area contributed by atoms with E-state index in [2.05, 4.69) is 17.3 Å². The number of aromatic nitrogens is 1. The van der Waals surface area contributed by atoms with E-state index in [4.69, 9.17) is 5.73 Å². The van der Waals surface area contributed by atoms with Gasteiger partial charge in [0.25, 0.3) is 0 Å². The molecule has 0 unspecified atom stereocenters. The molecule has 78 valence electrons. The van der Waals surface area contributed by atoms with E-state index in [1.807, 2.05) is 0 Å². The van der Waals surface area contributed by atoms with Crippen LogP contribution >= 0.6 is 11.3 Å². The summed E-state index contributed by atoms with van der Waals surface area (Å²) in [6.07, 6.45) is 5.36. The quantitative estimate of drug-likeness (QED) is 0.815. The lowest BCUT2D eigenvalue weighted by atomic mass is 9.83. The van der Waals surface area contributed by atoms with Crippen LogP contribution in [0.1, 0.15) is 49.2 Å². The van der Waals surface area contributed by atoms with Gasteiger partial charge in [0.2, 0.25) is 0 Å². The maximum Gasteiger partial charge on any atom is 0.0959 e. The van der Waals surface area contributed by atoms with E-state index in [0.717, 1.165) is 17.5 Å². The molecular formula is C11H18N2S. The molecule has 0 aromatic carbocycles. The van der Waals surface area contributed by atoms with Gasteiger partial charge in [-0.05, 0) is 18.8 Å². The van der Waals surface area contributed by atoms with Gasteiger partial charge in [0.05, 0.1) is 10.7 Å². The summed E-state index contributed by atoms with van der Waals surface area (Å²) >= 11 is 1.79. The van der Waals surface area contributed by atoms with Gasteiger partial charge in [-0.25, -0.2) is 4.98 Å². The second kappa shape index (κ2) is 4.41. The van der Waals surface area contributed by atoms with Gasteiger partial charge >= 0.3 is 0 Å². The van der Waals surface area contributed by atoms with Crippen LogP contribution in [0.25, 0.3) is 0 Å².